The number of hydrogen-bond acceptors (Lipinski definition) is 3. The third-order valence-electron chi connectivity index (χ3n) is 5.81. The lowest BCUT2D eigenvalue weighted by atomic mass is 10.1. The van der Waals surface area contributed by atoms with Crippen molar-refractivity contribution in [2.24, 2.45) is 7.05 Å². The van der Waals surface area contributed by atoms with Crippen LogP contribution < -0.4 is 5.32 Å². The maximum atomic E-state index is 13.5. The van der Waals surface area contributed by atoms with E-state index in [9.17, 15) is 13.6 Å². The molecule has 1 N–H and O–H groups in total. The van der Waals surface area contributed by atoms with Crippen LogP contribution in [0.4, 0.5) is 8.78 Å². The molecule has 1 atom stereocenters. The van der Waals surface area contributed by atoms with E-state index in [4.69, 9.17) is 0 Å². The van der Waals surface area contributed by atoms with Crippen molar-refractivity contribution < 1.29 is 13.6 Å². The van der Waals surface area contributed by atoms with Crippen LogP contribution in [0.5, 0.6) is 0 Å². The maximum Gasteiger partial charge on any atom is 0.272 e. The van der Waals surface area contributed by atoms with Crippen molar-refractivity contribution in [2.75, 3.05) is 0 Å². The molecule has 2 heterocycles. The Morgan fingerprint density at radius 1 is 1.03 bits per heavy atom. The summed E-state index contributed by atoms with van der Waals surface area (Å²) in [6.45, 7) is 0. The molecule has 32 heavy (non-hydrogen) atoms. The number of aryl methyl sites for hydroxylation is 1. The Labute approximate surface area is 183 Å². The number of rotatable bonds is 5. The van der Waals surface area contributed by atoms with Crippen LogP contribution in [-0.4, -0.2) is 25.2 Å². The van der Waals surface area contributed by atoms with E-state index in [0.29, 0.717) is 22.8 Å². The average molecular weight is 433 g/mol. The van der Waals surface area contributed by atoms with E-state index in [-0.39, 0.29) is 17.5 Å². The fourth-order valence-corrected chi connectivity index (χ4v) is 4.22. The molecule has 162 valence electrons. The van der Waals surface area contributed by atoms with Crippen LogP contribution in [0.1, 0.15) is 45.6 Å². The van der Waals surface area contributed by atoms with Crippen molar-refractivity contribution in [3.8, 4) is 5.69 Å². The van der Waals surface area contributed by atoms with Crippen LogP contribution in [0.15, 0.2) is 60.9 Å². The third-order valence-corrected chi connectivity index (χ3v) is 5.81. The molecule has 2 aromatic carbocycles. The van der Waals surface area contributed by atoms with Gasteiger partial charge in [-0.25, -0.2) is 18.4 Å². The standard InChI is InChI=1S/C24H21F2N5O/c1-30-14-13-27-23(30)21(15-5-7-16(25)8-6-15)28-24(32)22-19-3-2-4-20(19)31(29-22)18-11-9-17(26)10-12-18/h5-14,21H,2-4H2,1H3,(H,28,32). The minimum atomic E-state index is -0.573. The molecule has 1 unspecified atom stereocenters. The van der Waals surface area contributed by atoms with Crippen LogP contribution in [0.25, 0.3) is 5.69 Å². The number of nitrogens with one attached hydrogen (secondary N) is 1. The zero-order valence-corrected chi connectivity index (χ0v) is 17.4. The quantitative estimate of drug-likeness (QED) is 0.519. The van der Waals surface area contributed by atoms with E-state index in [0.717, 1.165) is 30.5 Å². The Bertz CT molecular complexity index is 1270. The lowest BCUT2D eigenvalue weighted by molar-refractivity contribution is 0.0934. The number of carbonyl (C=O) groups is 1. The summed E-state index contributed by atoms with van der Waals surface area (Å²) in [5.41, 5.74) is 3.65. The van der Waals surface area contributed by atoms with Gasteiger partial charge in [0, 0.05) is 30.7 Å². The molecule has 0 saturated carbocycles. The van der Waals surface area contributed by atoms with Gasteiger partial charge in [-0.2, -0.15) is 5.10 Å². The topological polar surface area (TPSA) is 64.7 Å². The SMILES string of the molecule is Cn1ccnc1C(NC(=O)c1nn(-c2ccc(F)cc2)c2c1CCC2)c1ccc(F)cc1. The van der Waals surface area contributed by atoms with Gasteiger partial charge in [0.2, 0.25) is 0 Å². The van der Waals surface area contributed by atoms with Crippen LogP contribution in [0.3, 0.4) is 0 Å². The van der Waals surface area contributed by atoms with Gasteiger partial charge in [0.15, 0.2) is 5.69 Å². The lowest BCUT2D eigenvalue weighted by Gasteiger charge is -2.19. The average Bonchev–Trinajstić information content (AvgIpc) is 3.50. The van der Waals surface area contributed by atoms with E-state index < -0.39 is 6.04 Å². The molecule has 2 aromatic heterocycles. The number of benzene rings is 2. The number of carbonyl (C=O) groups excluding carboxylic acids is 1. The Hall–Kier alpha value is -3.81. The predicted molar refractivity (Wildman–Crippen MR) is 114 cm³/mol. The first-order valence-corrected chi connectivity index (χ1v) is 10.4. The van der Waals surface area contributed by atoms with Crippen LogP contribution >= 0.6 is 0 Å². The summed E-state index contributed by atoms with van der Waals surface area (Å²) in [6.07, 6.45) is 5.92. The van der Waals surface area contributed by atoms with Gasteiger partial charge in [0.1, 0.15) is 23.5 Å². The molecule has 8 heteroatoms. The number of hydrogen-bond donors (Lipinski definition) is 1. The highest BCUT2D eigenvalue weighted by Crippen LogP contribution is 2.29. The highest BCUT2D eigenvalue weighted by molar-refractivity contribution is 5.94. The van der Waals surface area contributed by atoms with Crippen LogP contribution in [0, 0.1) is 11.6 Å². The summed E-state index contributed by atoms with van der Waals surface area (Å²) in [5, 5.41) is 7.63. The highest BCUT2D eigenvalue weighted by Gasteiger charge is 2.29. The number of fused-ring (bicyclic) bond motifs is 1. The van der Waals surface area contributed by atoms with Crippen LogP contribution in [-0.2, 0) is 19.9 Å². The summed E-state index contributed by atoms with van der Waals surface area (Å²) < 4.78 is 30.4. The molecule has 1 amide bonds. The number of nitrogens with zero attached hydrogens (tertiary/aromatic N) is 4. The van der Waals surface area contributed by atoms with Gasteiger partial charge in [0.25, 0.3) is 5.91 Å². The van der Waals surface area contributed by atoms with Gasteiger partial charge >= 0.3 is 0 Å². The van der Waals surface area contributed by atoms with E-state index in [1.165, 1.54) is 24.3 Å². The zero-order chi connectivity index (χ0) is 22.2. The van der Waals surface area contributed by atoms with Crippen molar-refractivity contribution in [3.05, 3.63) is 101 Å². The van der Waals surface area contributed by atoms with Gasteiger partial charge in [-0.1, -0.05) is 12.1 Å². The van der Waals surface area contributed by atoms with Gasteiger partial charge in [0.05, 0.1) is 5.69 Å². The molecule has 0 bridgehead atoms. The minimum absolute atomic E-state index is 0.326. The largest absolute Gasteiger partial charge is 0.337 e. The number of amides is 1. The summed E-state index contributed by atoms with van der Waals surface area (Å²) >= 11 is 0. The van der Waals surface area contributed by atoms with Gasteiger partial charge in [-0.15, -0.1) is 0 Å². The summed E-state index contributed by atoms with van der Waals surface area (Å²) in [6, 6.07) is 11.5. The Kier molecular flexibility index (Phi) is 5.05. The molecule has 0 spiro atoms. The summed E-state index contributed by atoms with van der Waals surface area (Å²) in [7, 11) is 1.84. The Balaban J connectivity index is 1.52. The molecule has 5 rings (SSSR count). The second-order valence-electron chi connectivity index (χ2n) is 7.87. The fourth-order valence-electron chi connectivity index (χ4n) is 4.22. The zero-order valence-electron chi connectivity index (χ0n) is 17.4. The molecule has 0 saturated heterocycles. The Morgan fingerprint density at radius 2 is 1.72 bits per heavy atom. The summed E-state index contributed by atoms with van der Waals surface area (Å²) in [4.78, 5) is 17.8. The van der Waals surface area contributed by atoms with E-state index in [1.807, 2.05) is 11.6 Å². The lowest BCUT2D eigenvalue weighted by Crippen LogP contribution is -2.32. The number of halogens is 2. The fraction of sp³-hybridized carbons (Fsp3) is 0.208. The molecule has 0 radical (unpaired) electrons. The normalized spacial score (nSPS) is 13.7. The number of aromatic nitrogens is 4. The first kappa shape index (κ1) is 20.1. The molecule has 1 aliphatic carbocycles. The molecule has 6 nitrogen and oxygen atoms in total. The van der Waals surface area contributed by atoms with Crippen LogP contribution in [0.2, 0.25) is 0 Å². The van der Waals surface area contributed by atoms with Gasteiger partial charge < -0.3 is 9.88 Å². The summed E-state index contributed by atoms with van der Waals surface area (Å²) in [5.74, 6) is -0.386. The molecule has 1 aliphatic rings. The molecular formula is C24H21F2N5O. The van der Waals surface area contributed by atoms with E-state index in [2.05, 4.69) is 15.4 Å². The monoisotopic (exact) mass is 433 g/mol. The van der Waals surface area contributed by atoms with Gasteiger partial charge in [-0.3, -0.25) is 4.79 Å². The molecular weight excluding hydrogens is 412 g/mol. The first-order valence-electron chi connectivity index (χ1n) is 10.4. The Morgan fingerprint density at radius 3 is 2.38 bits per heavy atom. The minimum Gasteiger partial charge on any atom is -0.337 e. The van der Waals surface area contributed by atoms with Crippen molar-refractivity contribution >= 4 is 5.91 Å². The van der Waals surface area contributed by atoms with Crippen molar-refractivity contribution in [2.45, 2.75) is 25.3 Å². The maximum absolute atomic E-state index is 13.5. The van der Waals surface area contributed by atoms with Gasteiger partial charge in [-0.05, 0) is 61.2 Å². The number of imidazole rings is 1. The van der Waals surface area contributed by atoms with Crippen molar-refractivity contribution in [1.82, 2.24) is 24.6 Å². The van der Waals surface area contributed by atoms with Crippen molar-refractivity contribution in [3.63, 3.8) is 0 Å². The van der Waals surface area contributed by atoms with E-state index >= 15 is 0 Å². The van der Waals surface area contributed by atoms with E-state index in [1.54, 1.807) is 41.3 Å². The molecule has 0 aliphatic heterocycles. The third kappa shape index (κ3) is 3.57. The second-order valence-corrected chi connectivity index (χ2v) is 7.87. The molecule has 4 aromatic rings. The second kappa shape index (κ2) is 8.03. The highest BCUT2D eigenvalue weighted by atomic mass is 19.1. The molecule has 0 fully saturated rings. The predicted octanol–water partition coefficient (Wildman–Crippen LogP) is 3.89. The van der Waals surface area contributed by atoms with Crippen molar-refractivity contribution in [1.29, 1.82) is 0 Å². The smallest absolute Gasteiger partial charge is 0.272 e. The first-order chi connectivity index (χ1) is 15.5.